The van der Waals surface area contributed by atoms with E-state index in [1.807, 2.05) is 91.0 Å². The quantitative estimate of drug-likeness (QED) is 0.0336. The van der Waals surface area contributed by atoms with Gasteiger partial charge in [0, 0.05) is 18.2 Å². The predicted molar refractivity (Wildman–Crippen MR) is 210 cm³/mol. The van der Waals surface area contributed by atoms with Crippen LogP contribution in [0, 0.1) is 0 Å². The Morgan fingerprint density at radius 3 is 2.16 bits per heavy atom. The van der Waals surface area contributed by atoms with E-state index >= 15 is 0 Å². The SMILES string of the molecule is CON=C(C(=O)NC1C(=O)N2C(C(=O)O)=C(CSc3n[nH]c(=O)c(=O)n3C)CS(=O)[C@@H]12)c1csc(NC(c2ccccc2)(c2ccccc2)c2ccccc2)n1. The number of hydrogen-bond donors (Lipinski definition) is 4. The van der Waals surface area contributed by atoms with E-state index < -0.39 is 56.7 Å². The van der Waals surface area contributed by atoms with Crippen LogP contribution in [0.1, 0.15) is 22.4 Å². The molecule has 2 aliphatic rings. The smallest absolute Gasteiger partial charge is 0.352 e. The summed E-state index contributed by atoms with van der Waals surface area (Å²) in [5.74, 6) is -3.42. The molecule has 4 N–H and O–H groups in total. The molecule has 3 aromatic carbocycles. The molecule has 3 atom stereocenters. The van der Waals surface area contributed by atoms with Crippen LogP contribution in [0.5, 0.6) is 0 Å². The molecule has 4 heterocycles. The van der Waals surface area contributed by atoms with Crippen molar-refractivity contribution in [1.29, 1.82) is 0 Å². The van der Waals surface area contributed by atoms with Gasteiger partial charge in [0.05, 0.1) is 16.6 Å². The standard InChI is InChI=1S/C37H32N8O8S3/c1-44-32(49)30(47)41-42-36(44)55-18-21-20-56(52)33-27(31(48)45(33)28(21)34(50)51)39-29(46)26(43-53-2)25-19-54-35(38-25)40-37(22-12-6-3-7-13-22,23-14-8-4-9-15-23)24-16-10-5-11-17-24/h3-17,19,27,33H,18,20H2,1-2H3,(H,38,40)(H,39,46)(H,41,47)(H,50,51)/t27?,33-,56?/m0/s1. The molecule has 2 aromatic heterocycles. The Bertz CT molecular complexity index is 2430. The summed E-state index contributed by atoms with van der Waals surface area (Å²) in [4.78, 5) is 74.0. The Kier molecular flexibility index (Phi) is 10.8. The minimum absolute atomic E-state index is 0.0797. The molecule has 2 aliphatic heterocycles. The zero-order valence-corrected chi connectivity index (χ0v) is 32.0. The third kappa shape index (κ3) is 6.95. The number of carboxylic acid groups (broad SMARTS) is 1. The molecule has 0 saturated carbocycles. The molecule has 0 aliphatic carbocycles. The highest BCUT2D eigenvalue weighted by Crippen LogP contribution is 2.41. The van der Waals surface area contributed by atoms with Gasteiger partial charge in [0.15, 0.2) is 16.0 Å². The number of benzene rings is 3. The summed E-state index contributed by atoms with van der Waals surface area (Å²) in [6, 6.07) is 28.3. The number of H-pyrrole nitrogens is 1. The van der Waals surface area contributed by atoms with Gasteiger partial charge in [0.2, 0.25) is 0 Å². The first-order valence-corrected chi connectivity index (χ1v) is 20.1. The fraction of sp³-hybridized carbons (Fsp3) is 0.189. The summed E-state index contributed by atoms with van der Waals surface area (Å²) < 4.78 is 14.5. The summed E-state index contributed by atoms with van der Waals surface area (Å²) in [7, 11) is 0.739. The van der Waals surface area contributed by atoms with Crippen molar-refractivity contribution < 1.29 is 28.5 Å². The Labute approximate surface area is 328 Å². The van der Waals surface area contributed by atoms with Gasteiger partial charge in [0.1, 0.15) is 35.5 Å². The van der Waals surface area contributed by atoms with E-state index in [1.54, 1.807) is 5.38 Å². The van der Waals surface area contributed by atoms with Crippen molar-refractivity contribution in [1.82, 2.24) is 30.0 Å². The van der Waals surface area contributed by atoms with Gasteiger partial charge in [-0.25, -0.2) is 14.9 Å². The monoisotopic (exact) mass is 812 g/mol. The number of β-lactam (4-membered cyclic amide) rings is 1. The van der Waals surface area contributed by atoms with Crippen molar-refractivity contribution in [2.75, 3.05) is 23.9 Å². The highest BCUT2D eigenvalue weighted by Gasteiger charge is 2.57. The molecule has 7 rings (SSSR count). The van der Waals surface area contributed by atoms with Crippen molar-refractivity contribution in [3.8, 4) is 0 Å². The molecule has 2 unspecified atom stereocenters. The van der Waals surface area contributed by atoms with Crippen LogP contribution in [0.4, 0.5) is 5.13 Å². The highest BCUT2D eigenvalue weighted by atomic mass is 32.2. The molecule has 1 fully saturated rings. The minimum Gasteiger partial charge on any atom is -0.477 e. The number of aromatic nitrogens is 4. The first-order valence-electron chi connectivity index (χ1n) is 16.8. The molecule has 0 spiro atoms. The van der Waals surface area contributed by atoms with Crippen LogP contribution in [-0.4, -0.2) is 87.5 Å². The second kappa shape index (κ2) is 15.9. The zero-order valence-electron chi connectivity index (χ0n) is 29.6. The van der Waals surface area contributed by atoms with E-state index in [4.69, 9.17) is 9.82 Å². The normalized spacial score (nSPS) is 18.2. The van der Waals surface area contributed by atoms with Gasteiger partial charge < -0.3 is 20.6 Å². The molecule has 19 heteroatoms. The van der Waals surface area contributed by atoms with Crippen molar-refractivity contribution in [3.05, 3.63) is 151 Å². The number of carboxylic acids is 1. The maximum atomic E-state index is 13.8. The molecule has 0 radical (unpaired) electrons. The maximum Gasteiger partial charge on any atom is 0.352 e. The molecule has 5 aromatic rings. The maximum absolute atomic E-state index is 13.8. The first-order chi connectivity index (χ1) is 27.0. The van der Waals surface area contributed by atoms with Crippen molar-refractivity contribution in [2.45, 2.75) is 22.1 Å². The lowest BCUT2D eigenvalue weighted by Crippen LogP contribution is -2.74. The molecular weight excluding hydrogens is 781 g/mol. The number of nitrogens with zero attached hydrogens (tertiary/aromatic N) is 5. The number of rotatable bonds is 13. The molecule has 1 saturated heterocycles. The van der Waals surface area contributed by atoms with Crippen LogP contribution >= 0.6 is 23.1 Å². The van der Waals surface area contributed by atoms with Crippen LogP contribution in [0.15, 0.2) is 128 Å². The molecule has 0 bridgehead atoms. The number of anilines is 1. The number of carbonyl (C=O) groups excluding carboxylic acids is 2. The molecule has 2 amide bonds. The summed E-state index contributed by atoms with van der Waals surface area (Å²) in [6.07, 6.45) is 0. The van der Waals surface area contributed by atoms with Crippen molar-refractivity contribution in [2.24, 2.45) is 12.2 Å². The number of hydrogen-bond acceptors (Lipinski definition) is 13. The number of thioether (sulfide) groups is 1. The van der Waals surface area contributed by atoms with E-state index in [1.165, 1.54) is 25.5 Å². The number of amides is 2. The van der Waals surface area contributed by atoms with E-state index in [0.29, 0.717) is 5.13 Å². The second-order valence-electron chi connectivity index (χ2n) is 12.5. The minimum atomic E-state index is -1.84. The lowest BCUT2D eigenvalue weighted by atomic mass is 9.77. The van der Waals surface area contributed by atoms with Gasteiger partial charge in [0.25, 0.3) is 11.8 Å². The van der Waals surface area contributed by atoms with E-state index in [-0.39, 0.29) is 39.3 Å². The molecule has 286 valence electrons. The third-order valence-electron chi connectivity index (χ3n) is 9.17. The van der Waals surface area contributed by atoms with Crippen LogP contribution in [0.3, 0.4) is 0 Å². The zero-order chi connectivity index (χ0) is 39.6. The number of aromatic amines is 1. The van der Waals surface area contributed by atoms with Gasteiger partial charge in [-0.3, -0.25) is 32.9 Å². The van der Waals surface area contributed by atoms with Gasteiger partial charge in [-0.1, -0.05) is 108 Å². The first kappa shape index (κ1) is 38.1. The largest absolute Gasteiger partial charge is 0.477 e. The summed E-state index contributed by atoms with van der Waals surface area (Å²) in [5.41, 5.74) is -0.270. The fourth-order valence-electron chi connectivity index (χ4n) is 6.59. The predicted octanol–water partition coefficient (Wildman–Crippen LogP) is 2.23. The number of thiazole rings is 1. The molecular formula is C37H32N8O8S3. The van der Waals surface area contributed by atoms with Gasteiger partial charge in [-0.15, -0.1) is 16.4 Å². The Morgan fingerprint density at radius 1 is 1.02 bits per heavy atom. The van der Waals surface area contributed by atoms with Crippen LogP contribution in [0.2, 0.25) is 0 Å². The number of oxime groups is 1. The Balaban J connectivity index is 1.14. The van der Waals surface area contributed by atoms with E-state index in [9.17, 15) is 33.3 Å². The summed E-state index contributed by atoms with van der Waals surface area (Å²) >= 11 is 2.15. The van der Waals surface area contributed by atoms with Gasteiger partial charge in [-0.05, 0) is 22.3 Å². The number of nitrogens with one attached hydrogen (secondary N) is 3. The lowest BCUT2D eigenvalue weighted by molar-refractivity contribution is -0.150. The van der Waals surface area contributed by atoms with Crippen LogP contribution < -0.4 is 21.8 Å². The van der Waals surface area contributed by atoms with Crippen molar-refractivity contribution >= 4 is 62.5 Å². The van der Waals surface area contributed by atoms with Crippen LogP contribution in [0.25, 0.3) is 0 Å². The van der Waals surface area contributed by atoms with Crippen molar-refractivity contribution in [3.63, 3.8) is 0 Å². The molecule has 56 heavy (non-hydrogen) atoms. The number of carbonyl (C=O) groups is 3. The summed E-state index contributed by atoms with van der Waals surface area (Å²) in [6.45, 7) is 0. The topological polar surface area (TPSA) is 218 Å². The van der Waals surface area contributed by atoms with Gasteiger partial charge >= 0.3 is 17.1 Å². The fourth-order valence-corrected chi connectivity index (χ4v) is 10.1. The number of fused-ring (bicyclic) bond motifs is 1. The average Bonchev–Trinajstić information content (AvgIpc) is 3.68. The van der Waals surface area contributed by atoms with E-state index in [0.717, 1.165) is 37.9 Å². The van der Waals surface area contributed by atoms with E-state index in [2.05, 4.69) is 26.0 Å². The molecule has 16 nitrogen and oxygen atoms in total. The Morgan fingerprint density at radius 2 is 1.61 bits per heavy atom. The van der Waals surface area contributed by atoms with Crippen LogP contribution in [-0.2, 0) is 42.6 Å². The average molecular weight is 813 g/mol. The number of aliphatic carboxylic acids is 1. The highest BCUT2D eigenvalue weighted by molar-refractivity contribution is 7.99. The third-order valence-corrected chi connectivity index (χ3v) is 12.7. The lowest BCUT2D eigenvalue weighted by Gasteiger charge is -2.49. The second-order valence-corrected chi connectivity index (χ2v) is 15.8. The summed E-state index contributed by atoms with van der Waals surface area (Å²) in [5, 5.41) is 27.1. The van der Waals surface area contributed by atoms with Gasteiger partial charge in [-0.2, -0.15) is 0 Å². The Hall–Kier alpha value is -6.18.